The molecule has 0 amide bonds. The molecule has 9 heavy (non-hydrogen) atoms. The van der Waals surface area contributed by atoms with E-state index in [-0.39, 0.29) is 12.1 Å². The highest BCUT2D eigenvalue weighted by Gasteiger charge is 2.33. The van der Waals surface area contributed by atoms with Crippen molar-refractivity contribution in [2.24, 2.45) is 5.73 Å². The van der Waals surface area contributed by atoms with Gasteiger partial charge in [-0.15, -0.1) is 0 Å². The van der Waals surface area contributed by atoms with E-state index in [1.54, 1.807) is 0 Å². The maximum absolute atomic E-state index is 8.49. The van der Waals surface area contributed by atoms with Crippen molar-refractivity contribution < 1.29 is 5.11 Å². The summed E-state index contributed by atoms with van der Waals surface area (Å²) < 4.78 is 0. The van der Waals surface area contributed by atoms with Crippen LogP contribution in [0.5, 0.6) is 0 Å². The normalized spacial score (nSPS) is 25.7. The van der Waals surface area contributed by atoms with E-state index in [4.69, 9.17) is 10.8 Å². The van der Waals surface area contributed by atoms with Gasteiger partial charge in [0.15, 0.2) is 0 Å². The molecular weight excluding hydrogens is 116 g/mol. The second kappa shape index (κ2) is 2.25. The smallest absolute Gasteiger partial charge is 0.0558 e. The molecule has 3 N–H and O–H groups in total. The number of β-amino-alcohol motifs (C(OH)–C–C–N with tert-alkyl or cyclic N) is 1. The molecule has 0 saturated carbocycles. The number of aliphatic hydroxyl groups excluding tert-OH is 1. The highest BCUT2D eigenvalue weighted by molar-refractivity contribution is 4.95. The van der Waals surface area contributed by atoms with Crippen LogP contribution in [0, 0.1) is 0 Å². The average molecular weight is 130 g/mol. The maximum atomic E-state index is 8.49. The quantitative estimate of drug-likeness (QED) is 0.504. The molecule has 0 aliphatic carbocycles. The van der Waals surface area contributed by atoms with Crippen molar-refractivity contribution >= 4 is 0 Å². The van der Waals surface area contributed by atoms with Crippen molar-refractivity contribution in [1.29, 1.82) is 0 Å². The fourth-order valence-corrected chi connectivity index (χ4v) is 1.27. The Kier molecular flexibility index (Phi) is 1.75. The standard InChI is InChI=1S/C6H14N2O/c1-6(7)4-8(5-6)2-3-9/h9H,2-5,7H2,1H3. The Balaban J connectivity index is 2.12. The summed E-state index contributed by atoms with van der Waals surface area (Å²) in [6, 6.07) is 0. The van der Waals surface area contributed by atoms with E-state index < -0.39 is 0 Å². The lowest BCUT2D eigenvalue weighted by atomic mass is 9.94. The number of hydrogen-bond acceptors (Lipinski definition) is 3. The molecule has 0 bridgehead atoms. The number of likely N-dealkylation sites (tertiary alicyclic amines) is 1. The first-order valence-corrected chi connectivity index (χ1v) is 3.26. The molecule has 3 heteroatoms. The van der Waals surface area contributed by atoms with E-state index in [9.17, 15) is 0 Å². The molecule has 0 spiro atoms. The van der Waals surface area contributed by atoms with Crippen LogP contribution < -0.4 is 5.73 Å². The number of nitrogens with two attached hydrogens (primary N) is 1. The van der Waals surface area contributed by atoms with Gasteiger partial charge in [0, 0.05) is 25.2 Å². The van der Waals surface area contributed by atoms with E-state index in [0.29, 0.717) is 0 Å². The van der Waals surface area contributed by atoms with Gasteiger partial charge in [-0.25, -0.2) is 0 Å². The molecule has 0 aromatic heterocycles. The number of aliphatic hydroxyl groups is 1. The first-order valence-electron chi connectivity index (χ1n) is 3.26. The lowest BCUT2D eigenvalue weighted by Crippen LogP contribution is -2.65. The fourth-order valence-electron chi connectivity index (χ4n) is 1.27. The van der Waals surface area contributed by atoms with E-state index in [2.05, 4.69) is 4.90 Å². The maximum Gasteiger partial charge on any atom is 0.0558 e. The lowest BCUT2D eigenvalue weighted by Gasteiger charge is -2.45. The van der Waals surface area contributed by atoms with Crippen molar-refractivity contribution in [2.75, 3.05) is 26.2 Å². The van der Waals surface area contributed by atoms with Gasteiger partial charge in [-0.05, 0) is 6.92 Å². The van der Waals surface area contributed by atoms with E-state index in [1.165, 1.54) is 0 Å². The summed E-state index contributed by atoms with van der Waals surface area (Å²) in [4.78, 5) is 2.14. The molecular formula is C6H14N2O. The van der Waals surface area contributed by atoms with Crippen LogP contribution in [0.25, 0.3) is 0 Å². The van der Waals surface area contributed by atoms with Gasteiger partial charge in [0.2, 0.25) is 0 Å². The highest BCUT2D eigenvalue weighted by atomic mass is 16.3. The van der Waals surface area contributed by atoms with Crippen molar-refractivity contribution in [3.05, 3.63) is 0 Å². The van der Waals surface area contributed by atoms with Crippen LogP contribution in [0.4, 0.5) is 0 Å². The molecule has 1 rings (SSSR count). The minimum atomic E-state index is 0.00910. The predicted molar refractivity (Wildman–Crippen MR) is 36.1 cm³/mol. The molecule has 1 fully saturated rings. The Morgan fingerprint density at radius 2 is 2.22 bits per heavy atom. The molecule has 0 unspecified atom stereocenters. The zero-order chi connectivity index (χ0) is 6.91. The van der Waals surface area contributed by atoms with Gasteiger partial charge in [-0.3, -0.25) is 4.90 Å². The van der Waals surface area contributed by atoms with Gasteiger partial charge < -0.3 is 10.8 Å². The number of hydrogen-bond donors (Lipinski definition) is 2. The average Bonchev–Trinajstić information content (AvgIpc) is 1.62. The Morgan fingerprint density at radius 1 is 1.67 bits per heavy atom. The van der Waals surface area contributed by atoms with Gasteiger partial charge in [-0.2, -0.15) is 0 Å². The monoisotopic (exact) mass is 130 g/mol. The van der Waals surface area contributed by atoms with Gasteiger partial charge in [0.25, 0.3) is 0 Å². The fraction of sp³-hybridized carbons (Fsp3) is 1.00. The SMILES string of the molecule is CC1(N)CN(CCO)C1. The van der Waals surface area contributed by atoms with Crippen molar-refractivity contribution in [2.45, 2.75) is 12.5 Å². The molecule has 1 aliphatic heterocycles. The summed E-state index contributed by atoms with van der Waals surface area (Å²) in [5.74, 6) is 0. The minimum absolute atomic E-state index is 0.00910. The third-order valence-electron chi connectivity index (χ3n) is 1.59. The van der Waals surface area contributed by atoms with Crippen LogP contribution in [0.3, 0.4) is 0 Å². The first kappa shape index (κ1) is 6.99. The van der Waals surface area contributed by atoms with Crippen molar-refractivity contribution in [3.8, 4) is 0 Å². The summed E-state index contributed by atoms with van der Waals surface area (Å²) in [6.45, 7) is 4.89. The largest absolute Gasteiger partial charge is 0.395 e. The Labute approximate surface area is 55.5 Å². The third-order valence-corrected chi connectivity index (χ3v) is 1.59. The molecule has 0 radical (unpaired) electrons. The topological polar surface area (TPSA) is 49.5 Å². The second-order valence-corrected chi connectivity index (χ2v) is 3.09. The highest BCUT2D eigenvalue weighted by Crippen LogP contribution is 2.15. The molecule has 1 aliphatic rings. The first-order chi connectivity index (χ1) is 4.14. The molecule has 1 heterocycles. The van der Waals surface area contributed by atoms with Gasteiger partial charge in [0.05, 0.1) is 6.61 Å². The minimum Gasteiger partial charge on any atom is -0.395 e. The summed E-state index contributed by atoms with van der Waals surface area (Å²) >= 11 is 0. The number of rotatable bonds is 2. The summed E-state index contributed by atoms with van der Waals surface area (Å²) in [5.41, 5.74) is 5.73. The van der Waals surface area contributed by atoms with E-state index in [1.807, 2.05) is 6.92 Å². The second-order valence-electron chi connectivity index (χ2n) is 3.09. The van der Waals surface area contributed by atoms with E-state index >= 15 is 0 Å². The Bertz CT molecular complexity index is 95.2. The van der Waals surface area contributed by atoms with E-state index in [0.717, 1.165) is 19.6 Å². The van der Waals surface area contributed by atoms with Crippen LogP contribution in [-0.4, -0.2) is 41.8 Å². The van der Waals surface area contributed by atoms with Crippen LogP contribution in [0.2, 0.25) is 0 Å². The van der Waals surface area contributed by atoms with Crippen molar-refractivity contribution in [3.63, 3.8) is 0 Å². The zero-order valence-electron chi connectivity index (χ0n) is 5.80. The van der Waals surface area contributed by atoms with Crippen LogP contribution in [0.1, 0.15) is 6.92 Å². The molecule has 54 valence electrons. The van der Waals surface area contributed by atoms with Gasteiger partial charge in [-0.1, -0.05) is 0 Å². The Hall–Kier alpha value is -0.120. The number of nitrogens with zero attached hydrogens (tertiary/aromatic N) is 1. The van der Waals surface area contributed by atoms with Crippen LogP contribution in [0.15, 0.2) is 0 Å². The molecule has 0 atom stereocenters. The third kappa shape index (κ3) is 1.64. The summed E-state index contributed by atoms with van der Waals surface area (Å²) in [7, 11) is 0. The molecule has 1 saturated heterocycles. The lowest BCUT2D eigenvalue weighted by molar-refractivity contribution is 0.0649. The molecule has 0 aromatic rings. The van der Waals surface area contributed by atoms with Gasteiger partial charge in [0.1, 0.15) is 0 Å². The zero-order valence-corrected chi connectivity index (χ0v) is 5.80. The molecule has 3 nitrogen and oxygen atoms in total. The molecule has 0 aromatic carbocycles. The summed E-state index contributed by atoms with van der Waals surface area (Å²) in [6.07, 6.45) is 0. The van der Waals surface area contributed by atoms with Crippen LogP contribution >= 0.6 is 0 Å². The van der Waals surface area contributed by atoms with Crippen molar-refractivity contribution in [1.82, 2.24) is 4.90 Å². The van der Waals surface area contributed by atoms with Gasteiger partial charge >= 0.3 is 0 Å². The predicted octanol–water partition coefficient (Wildman–Crippen LogP) is -0.988. The Morgan fingerprint density at radius 3 is 2.56 bits per heavy atom. The van der Waals surface area contributed by atoms with Crippen LogP contribution in [-0.2, 0) is 0 Å². The summed E-state index contributed by atoms with van der Waals surface area (Å²) in [5, 5.41) is 8.49.